The zero-order valence-electron chi connectivity index (χ0n) is 11.7. The highest BCUT2D eigenvalue weighted by molar-refractivity contribution is 9.10. The zero-order valence-corrected chi connectivity index (χ0v) is 13.3. The highest BCUT2D eigenvalue weighted by Gasteiger charge is 2.13. The number of nitrogens with zero attached hydrogens (tertiary/aromatic N) is 3. The van der Waals surface area contributed by atoms with Crippen molar-refractivity contribution in [1.29, 1.82) is 0 Å². The average Bonchev–Trinajstić information content (AvgIpc) is 2.88. The summed E-state index contributed by atoms with van der Waals surface area (Å²) in [5.41, 5.74) is 7.55. The first-order valence-corrected chi connectivity index (χ1v) is 7.40. The van der Waals surface area contributed by atoms with Crippen LogP contribution in [0, 0.1) is 0 Å². The highest BCUT2D eigenvalue weighted by Crippen LogP contribution is 2.33. The smallest absolute Gasteiger partial charge is 0.265 e. The van der Waals surface area contributed by atoms with Crippen molar-refractivity contribution >= 4 is 27.4 Å². The van der Waals surface area contributed by atoms with Gasteiger partial charge in [-0.1, -0.05) is 29.8 Å². The molecule has 0 amide bonds. The number of nitrogen functional groups attached to an aromatic ring is 1. The maximum absolute atomic E-state index is 5.98. The van der Waals surface area contributed by atoms with Gasteiger partial charge in [0.2, 0.25) is 5.65 Å². The Hall–Kier alpha value is -2.08. The first-order chi connectivity index (χ1) is 10.0. The number of hydrogen-bond acceptors (Lipinski definition) is 4. The van der Waals surface area contributed by atoms with E-state index in [9.17, 15) is 0 Å². The van der Waals surface area contributed by atoms with Crippen LogP contribution in [0.5, 0.6) is 11.6 Å². The first-order valence-electron chi connectivity index (χ1n) is 6.61. The summed E-state index contributed by atoms with van der Waals surface area (Å²) in [5.74, 6) is 1.88. The molecule has 3 rings (SSSR count). The molecule has 0 aliphatic heterocycles. The Labute approximate surface area is 130 Å². The minimum absolute atomic E-state index is 0.328. The second-order valence-electron chi connectivity index (χ2n) is 5.07. The van der Waals surface area contributed by atoms with Gasteiger partial charge in [-0.15, -0.1) is 0 Å². The third-order valence-corrected chi connectivity index (χ3v) is 3.66. The van der Waals surface area contributed by atoms with E-state index in [1.807, 2.05) is 18.3 Å². The summed E-state index contributed by atoms with van der Waals surface area (Å²) in [4.78, 5) is 8.51. The molecule has 0 fully saturated rings. The van der Waals surface area contributed by atoms with Crippen molar-refractivity contribution in [2.45, 2.75) is 19.8 Å². The topological polar surface area (TPSA) is 65.4 Å². The monoisotopic (exact) mass is 346 g/mol. The number of halogens is 1. The lowest BCUT2D eigenvalue weighted by Crippen LogP contribution is -2.01. The molecule has 1 aromatic carbocycles. The van der Waals surface area contributed by atoms with Crippen molar-refractivity contribution < 1.29 is 4.74 Å². The number of ether oxygens (including phenoxy) is 1. The van der Waals surface area contributed by atoms with Crippen LogP contribution in [0.15, 0.2) is 41.3 Å². The highest BCUT2D eigenvalue weighted by atomic mass is 79.9. The van der Waals surface area contributed by atoms with Crippen molar-refractivity contribution in [3.63, 3.8) is 0 Å². The average molecular weight is 347 g/mol. The first kappa shape index (κ1) is 13.9. The molecule has 3 aromatic rings. The number of aromatic nitrogens is 3. The molecule has 0 aliphatic carbocycles. The predicted octanol–water partition coefficient (Wildman–Crippen LogP) is 3.99. The fourth-order valence-corrected chi connectivity index (χ4v) is 2.54. The van der Waals surface area contributed by atoms with Crippen LogP contribution < -0.4 is 10.5 Å². The van der Waals surface area contributed by atoms with Gasteiger partial charge in [-0.2, -0.15) is 4.98 Å². The third kappa shape index (κ3) is 2.71. The van der Waals surface area contributed by atoms with Gasteiger partial charge in [0.05, 0.1) is 6.20 Å². The summed E-state index contributed by atoms with van der Waals surface area (Å²) in [6.07, 6.45) is 5.21. The Bertz CT molecular complexity index is 797. The molecule has 2 N–H and O–H groups in total. The lowest BCUT2D eigenvalue weighted by molar-refractivity contribution is 0.457. The number of fused-ring (bicyclic) bond motifs is 1. The molecular formula is C15H15BrN4O. The summed E-state index contributed by atoms with van der Waals surface area (Å²) < 4.78 is 8.80. The molecule has 0 unspecified atom stereocenters. The van der Waals surface area contributed by atoms with E-state index in [1.165, 1.54) is 0 Å². The van der Waals surface area contributed by atoms with E-state index in [1.54, 1.807) is 16.8 Å². The van der Waals surface area contributed by atoms with E-state index < -0.39 is 0 Å². The number of hydrogen-bond donors (Lipinski definition) is 1. The zero-order chi connectivity index (χ0) is 15.0. The second kappa shape index (κ2) is 5.37. The standard InChI is InChI=1S/C15H15BrN4O/c1-9(2)11-7-10(16)3-4-12(11)21-15-14-18-5-6-20(14)8-13(17)19-15/h3-9H,17H2,1-2H3. The Kier molecular flexibility index (Phi) is 3.55. The third-order valence-electron chi connectivity index (χ3n) is 3.16. The quantitative estimate of drug-likeness (QED) is 0.778. The molecule has 6 heteroatoms. The van der Waals surface area contributed by atoms with Crippen LogP contribution in [-0.4, -0.2) is 14.4 Å². The van der Waals surface area contributed by atoms with Crippen LogP contribution in [0.3, 0.4) is 0 Å². The van der Waals surface area contributed by atoms with E-state index in [0.29, 0.717) is 23.3 Å². The fraction of sp³-hybridized carbons (Fsp3) is 0.200. The minimum atomic E-state index is 0.328. The number of imidazole rings is 1. The molecule has 0 radical (unpaired) electrons. The molecular weight excluding hydrogens is 332 g/mol. The van der Waals surface area contributed by atoms with Crippen molar-refractivity contribution in [2.24, 2.45) is 0 Å². The Morgan fingerprint density at radius 2 is 2.14 bits per heavy atom. The van der Waals surface area contributed by atoms with E-state index in [4.69, 9.17) is 10.5 Å². The Morgan fingerprint density at radius 3 is 2.90 bits per heavy atom. The number of rotatable bonds is 3. The SMILES string of the molecule is CC(C)c1cc(Br)ccc1Oc1nc(N)cn2ccnc12. The molecule has 0 saturated heterocycles. The van der Waals surface area contributed by atoms with Gasteiger partial charge in [0.1, 0.15) is 11.6 Å². The van der Waals surface area contributed by atoms with Crippen LogP contribution in [0.1, 0.15) is 25.3 Å². The van der Waals surface area contributed by atoms with E-state index in [-0.39, 0.29) is 0 Å². The van der Waals surface area contributed by atoms with Gasteiger partial charge in [-0.25, -0.2) is 4.98 Å². The van der Waals surface area contributed by atoms with Crippen molar-refractivity contribution in [3.05, 3.63) is 46.8 Å². The molecule has 5 nitrogen and oxygen atoms in total. The lowest BCUT2D eigenvalue weighted by atomic mass is 10.0. The van der Waals surface area contributed by atoms with Crippen LogP contribution in [0.4, 0.5) is 5.82 Å². The molecule has 2 heterocycles. The minimum Gasteiger partial charge on any atom is -0.436 e. The number of nitrogens with two attached hydrogens (primary N) is 1. The molecule has 0 bridgehead atoms. The predicted molar refractivity (Wildman–Crippen MR) is 85.7 cm³/mol. The Morgan fingerprint density at radius 1 is 1.33 bits per heavy atom. The van der Waals surface area contributed by atoms with Gasteiger partial charge in [-0.05, 0) is 29.7 Å². The Balaban J connectivity index is 2.08. The number of anilines is 1. The fourth-order valence-electron chi connectivity index (χ4n) is 2.16. The molecule has 0 atom stereocenters. The van der Waals surface area contributed by atoms with Crippen molar-refractivity contribution in [3.8, 4) is 11.6 Å². The molecule has 108 valence electrons. The van der Waals surface area contributed by atoms with Gasteiger partial charge in [0, 0.05) is 16.9 Å². The van der Waals surface area contributed by atoms with E-state index >= 15 is 0 Å². The maximum atomic E-state index is 5.98. The van der Waals surface area contributed by atoms with Crippen LogP contribution in [-0.2, 0) is 0 Å². The summed E-state index contributed by atoms with van der Waals surface area (Å²) in [7, 11) is 0. The summed E-state index contributed by atoms with van der Waals surface area (Å²) in [6.45, 7) is 4.24. The molecule has 2 aromatic heterocycles. The van der Waals surface area contributed by atoms with Gasteiger partial charge in [-0.3, -0.25) is 4.40 Å². The number of benzene rings is 1. The molecule has 0 aliphatic rings. The summed E-state index contributed by atoms with van der Waals surface area (Å²) in [5, 5.41) is 0. The van der Waals surface area contributed by atoms with Gasteiger partial charge >= 0.3 is 0 Å². The maximum Gasteiger partial charge on any atom is 0.265 e. The van der Waals surface area contributed by atoms with E-state index in [2.05, 4.69) is 45.8 Å². The summed E-state index contributed by atoms with van der Waals surface area (Å²) in [6, 6.07) is 5.91. The van der Waals surface area contributed by atoms with Gasteiger partial charge in [0.25, 0.3) is 5.88 Å². The second-order valence-corrected chi connectivity index (χ2v) is 5.98. The van der Waals surface area contributed by atoms with Crippen LogP contribution in [0.25, 0.3) is 5.65 Å². The lowest BCUT2D eigenvalue weighted by Gasteiger charge is -2.14. The van der Waals surface area contributed by atoms with Crippen LogP contribution in [0.2, 0.25) is 0 Å². The van der Waals surface area contributed by atoms with Gasteiger partial charge in [0.15, 0.2) is 0 Å². The molecule has 21 heavy (non-hydrogen) atoms. The largest absolute Gasteiger partial charge is 0.436 e. The van der Waals surface area contributed by atoms with Gasteiger partial charge < -0.3 is 10.5 Å². The summed E-state index contributed by atoms with van der Waals surface area (Å²) >= 11 is 3.49. The van der Waals surface area contributed by atoms with Crippen LogP contribution >= 0.6 is 15.9 Å². The van der Waals surface area contributed by atoms with Crippen molar-refractivity contribution in [2.75, 3.05) is 5.73 Å². The molecule has 0 spiro atoms. The normalized spacial score (nSPS) is 11.2. The molecule has 0 saturated carbocycles. The van der Waals surface area contributed by atoms with Crippen molar-refractivity contribution in [1.82, 2.24) is 14.4 Å². The van der Waals surface area contributed by atoms with E-state index in [0.717, 1.165) is 15.8 Å².